The molecular formula is C45H57ClN10O6S. The van der Waals surface area contributed by atoms with E-state index in [1.54, 1.807) is 32.0 Å². The molecule has 18 heteroatoms. The molecule has 3 heterocycles. The number of imide groups is 2. The fourth-order valence-corrected chi connectivity index (χ4v) is 8.17. The maximum Gasteiger partial charge on any atom is 0.267 e. The standard InChI is InChI=1S/C45H57ClN10O6S/c1-5-15-37(57)52-39(59)29-56-43(61)32-17-14-19-34(40(32)44(56)62)50-38(58)20-11-9-7-6-8-10-12-22-54-24-26-55(27-25-54)23-21-36(49-31(3)47-4)51-45-48-28-35(63-45)42(60)53-41-30(2)16-13-18-33(41)46/h13-14,16-19,21,28H,4-12,15,20,22-27,29H2,1-3H3,(H,48,51)(H,50,58)(H,53,60)(H,52,57,59)/b36-21+,49-31-. The Labute approximate surface area is 377 Å². The number of rotatable bonds is 22. The van der Waals surface area contributed by atoms with E-state index in [9.17, 15) is 28.8 Å². The molecule has 1 saturated heterocycles. The summed E-state index contributed by atoms with van der Waals surface area (Å²) in [7, 11) is 0. The van der Waals surface area contributed by atoms with E-state index in [0.717, 1.165) is 81.7 Å². The Kier molecular flexibility index (Phi) is 18.7. The number of aliphatic imine (C=N–C) groups is 2. The van der Waals surface area contributed by atoms with Gasteiger partial charge in [-0.1, -0.05) is 80.2 Å². The molecule has 2 aromatic carbocycles. The minimum Gasteiger partial charge on any atom is -0.325 e. The molecule has 63 heavy (non-hydrogen) atoms. The molecule has 2 aliphatic heterocycles. The Hall–Kier alpha value is -5.62. The van der Waals surface area contributed by atoms with Crippen molar-refractivity contribution in [2.45, 2.75) is 85.0 Å². The number of aryl methyl sites for hydroxylation is 1. The zero-order valence-electron chi connectivity index (χ0n) is 36.3. The minimum atomic E-state index is -0.739. The van der Waals surface area contributed by atoms with Gasteiger partial charge in [-0.25, -0.2) is 15.0 Å². The number of anilines is 3. The van der Waals surface area contributed by atoms with Crippen LogP contribution in [0.5, 0.6) is 0 Å². The van der Waals surface area contributed by atoms with Gasteiger partial charge in [-0.2, -0.15) is 0 Å². The highest BCUT2D eigenvalue weighted by atomic mass is 35.5. The van der Waals surface area contributed by atoms with Crippen LogP contribution in [0.3, 0.4) is 0 Å². The SMILES string of the molecule is C=N/C(C)=N\C(=C/CN1CCN(CCCCCCCCCC(=O)Nc2cccc3c2C(=O)N(CC(=O)NC(=O)CCC)C3=O)CC1)Nc1ncc(C(=O)Nc2c(C)cccc2Cl)s1. The van der Waals surface area contributed by atoms with E-state index in [1.165, 1.54) is 23.6 Å². The van der Waals surface area contributed by atoms with Gasteiger partial charge in [-0.15, -0.1) is 0 Å². The van der Waals surface area contributed by atoms with Gasteiger partial charge in [0, 0.05) is 45.6 Å². The largest absolute Gasteiger partial charge is 0.325 e. The highest BCUT2D eigenvalue weighted by Gasteiger charge is 2.39. The summed E-state index contributed by atoms with van der Waals surface area (Å²) in [5, 5.41) is 12.1. The van der Waals surface area contributed by atoms with Gasteiger partial charge in [0.2, 0.25) is 17.7 Å². The lowest BCUT2D eigenvalue weighted by molar-refractivity contribution is -0.130. The molecule has 6 amide bonds. The summed E-state index contributed by atoms with van der Waals surface area (Å²) in [4.78, 5) is 94.8. The van der Waals surface area contributed by atoms with Crippen LogP contribution in [0.25, 0.3) is 0 Å². The first-order valence-corrected chi connectivity index (χ1v) is 22.6. The van der Waals surface area contributed by atoms with Crippen molar-refractivity contribution in [3.8, 4) is 0 Å². The Morgan fingerprint density at radius 3 is 2.27 bits per heavy atom. The number of carbonyl (C=O) groups excluding carboxylic acids is 6. The van der Waals surface area contributed by atoms with Gasteiger partial charge in [0.25, 0.3) is 17.7 Å². The Morgan fingerprint density at radius 2 is 1.56 bits per heavy atom. The van der Waals surface area contributed by atoms with Crippen molar-refractivity contribution in [2.24, 2.45) is 9.98 Å². The number of amidine groups is 1. The molecule has 336 valence electrons. The number of nitrogens with zero attached hydrogens (tertiary/aromatic N) is 6. The van der Waals surface area contributed by atoms with Crippen LogP contribution in [-0.2, 0) is 14.4 Å². The predicted octanol–water partition coefficient (Wildman–Crippen LogP) is 7.15. The Morgan fingerprint density at radius 1 is 0.857 bits per heavy atom. The topological polar surface area (TPSA) is 198 Å². The number of hydrogen-bond acceptors (Lipinski definition) is 12. The lowest BCUT2D eigenvalue weighted by Crippen LogP contribution is -2.46. The van der Waals surface area contributed by atoms with Gasteiger partial charge in [-0.3, -0.25) is 43.9 Å². The van der Waals surface area contributed by atoms with Gasteiger partial charge in [0.05, 0.1) is 33.7 Å². The number of amides is 6. The van der Waals surface area contributed by atoms with E-state index in [-0.39, 0.29) is 41.5 Å². The van der Waals surface area contributed by atoms with E-state index in [0.29, 0.717) is 51.8 Å². The number of aromatic nitrogens is 1. The molecule has 1 aromatic heterocycles. The summed E-state index contributed by atoms with van der Waals surface area (Å²) in [6.45, 7) is 14.0. The molecule has 0 spiro atoms. The summed E-state index contributed by atoms with van der Waals surface area (Å²) < 4.78 is 0. The maximum atomic E-state index is 13.1. The predicted molar refractivity (Wildman–Crippen MR) is 249 cm³/mol. The number of halogens is 1. The molecule has 0 radical (unpaired) electrons. The number of para-hydroxylation sites is 1. The van der Waals surface area contributed by atoms with Crippen LogP contribution in [0.1, 0.15) is 114 Å². The van der Waals surface area contributed by atoms with E-state index >= 15 is 0 Å². The number of piperazine rings is 1. The van der Waals surface area contributed by atoms with Crippen molar-refractivity contribution < 1.29 is 28.8 Å². The Balaban J connectivity index is 0.944. The molecule has 5 rings (SSSR count). The van der Waals surface area contributed by atoms with Gasteiger partial charge >= 0.3 is 0 Å². The van der Waals surface area contributed by atoms with Crippen LogP contribution in [-0.4, -0.2) is 113 Å². The summed E-state index contributed by atoms with van der Waals surface area (Å²) in [6, 6.07) is 10.1. The summed E-state index contributed by atoms with van der Waals surface area (Å²) in [5.41, 5.74) is 1.85. The Bertz CT molecular complexity index is 2200. The quantitative estimate of drug-likeness (QED) is 0.0348. The molecular weight excluding hydrogens is 844 g/mol. The zero-order valence-corrected chi connectivity index (χ0v) is 37.8. The molecule has 0 aliphatic carbocycles. The third-order valence-electron chi connectivity index (χ3n) is 10.7. The van der Waals surface area contributed by atoms with Crippen LogP contribution in [0.4, 0.5) is 16.5 Å². The lowest BCUT2D eigenvalue weighted by atomic mass is 10.1. The molecule has 2 aliphatic rings. The lowest BCUT2D eigenvalue weighted by Gasteiger charge is -2.34. The second-order valence-electron chi connectivity index (χ2n) is 15.5. The summed E-state index contributed by atoms with van der Waals surface area (Å²) >= 11 is 7.52. The fraction of sp³-hybridized carbons (Fsp3) is 0.444. The van der Waals surface area contributed by atoms with E-state index < -0.39 is 30.2 Å². The van der Waals surface area contributed by atoms with Gasteiger partial charge in [0.1, 0.15) is 23.1 Å². The highest BCUT2D eigenvalue weighted by Crippen LogP contribution is 2.30. The molecule has 0 saturated carbocycles. The van der Waals surface area contributed by atoms with Crippen LogP contribution in [0, 0.1) is 6.92 Å². The van der Waals surface area contributed by atoms with E-state index in [4.69, 9.17) is 11.6 Å². The van der Waals surface area contributed by atoms with Gasteiger partial charge < -0.3 is 20.9 Å². The van der Waals surface area contributed by atoms with Crippen molar-refractivity contribution in [1.82, 2.24) is 25.0 Å². The fourth-order valence-electron chi connectivity index (χ4n) is 7.18. The van der Waals surface area contributed by atoms with Crippen molar-refractivity contribution in [3.63, 3.8) is 0 Å². The molecule has 4 N–H and O–H groups in total. The van der Waals surface area contributed by atoms with Crippen LogP contribution < -0.4 is 21.3 Å². The highest BCUT2D eigenvalue weighted by molar-refractivity contribution is 7.17. The minimum absolute atomic E-state index is 0.0567. The second kappa shape index (κ2) is 24.3. The number of fused-ring (bicyclic) bond motifs is 1. The molecule has 3 aromatic rings. The molecule has 0 atom stereocenters. The average molecular weight is 902 g/mol. The second-order valence-corrected chi connectivity index (χ2v) is 16.9. The number of nitrogens with one attached hydrogen (secondary N) is 4. The average Bonchev–Trinajstić information content (AvgIpc) is 3.82. The molecule has 16 nitrogen and oxygen atoms in total. The van der Waals surface area contributed by atoms with Crippen LogP contribution in [0.2, 0.25) is 5.02 Å². The first-order valence-electron chi connectivity index (χ1n) is 21.4. The van der Waals surface area contributed by atoms with Crippen molar-refractivity contribution in [3.05, 3.63) is 81.1 Å². The van der Waals surface area contributed by atoms with Crippen LogP contribution in [0.15, 0.2) is 64.5 Å². The molecule has 1 fully saturated rings. The zero-order chi connectivity index (χ0) is 45.3. The summed E-state index contributed by atoms with van der Waals surface area (Å²) in [5.74, 6) is -1.98. The first kappa shape index (κ1) is 48.4. The maximum absolute atomic E-state index is 13.1. The third-order valence-corrected chi connectivity index (χ3v) is 11.9. The normalized spacial score (nSPS) is 14.7. The number of benzene rings is 2. The first-order chi connectivity index (χ1) is 30.4. The van der Waals surface area contributed by atoms with E-state index in [2.05, 4.69) is 52.8 Å². The summed E-state index contributed by atoms with van der Waals surface area (Å²) in [6.07, 6.45) is 11.7. The molecule has 0 bridgehead atoms. The van der Waals surface area contributed by atoms with Gasteiger partial charge in [-0.05, 0) is 76.2 Å². The van der Waals surface area contributed by atoms with Crippen LogP contribution >= 0.6 is 22.9 Å². The molecule has 0 unspecified atom stereocenters. The van der Waals surface area contributed by atoms with Crippen molar-refractivity contribution in [1.29, 1.82) is 0 Å². The van der Waals surface area contributed by atoms with Crippen molar-refractivity contribution >= 4 is 87.4 Å². The monoisotopic (exact) mass is 900 g/mol. The number of hydrogen-bond donors (Lipinski definition) is 4. The number of unbranched alkanes of at least 4 members (excludes halogenated alkanes) is 6. The number of carbonyl (C=O) groups is 6. The number of thiazole rings is 1. The van der Waals surface area contributed by atoms with Gasteiger partial charge in [0.15, 0.2) is 5.13 Å². The van der Waals surface area contributed by atoms with E-state index in [1.807, 2.05) is 25.1 Å². The smallest absolute Gasteiger partial charge is 0.267 e. The van der Waals surface area contributed by atoms with Crippen molar-refractivity contribution in [2.75, 3.05) is 61.8 Å². The third kappa shape index (κ3) is 14.5.